The predicted molar refractivity (Wildman–Crippen MR) is 268 cm³/mol. The van der Waals surface area contributed by atoms with E-state index in [1.54, 1.807) is 6.07 Å². The summed E-state index contributed by atoms with van der Waals surface area (Å²) in [6.07, 6.45) is 4.41. The molecule has 354 valence electrons. The molecule has 15 nitrogen and oxygen atoms in total. The lowest BCUT2D eigenvalue weighted by atomic mass is 9.89. The second kappa shape index (κ2) is 19.0. The summed E-state index contributed by atoms with van der Waals surface area (Å²) in [6, 6.07) is 34.9. The van der Waals surface area contributed by atoms with Crippen LogP contribution in [0.2, 0.25) is 0 Å². The topological polar surface area (TPSA) is 175 Å². The minimum absolute atomic E-state index is 0.0491. The van der Waals surface area contributed by atoms with E-state index in [0.717, 1.165) is 89.1 Å². The van der Waals surface area contributed by atoms with Gasteiger partial charge < -0.3 is 24.5 Å². The van der Waals surface area contributed by atoms with Crippen molar-refractivity contribution in [2.75, 3.05) is 47.8 Å². The second-order valence-electron chi connectivity index (χ2n) is 18.5. The number of likely N-dealkylation sites (tertiary alicyclic amines) is 1. The largest absolute Gasteiger partial charge is 0.489 e. The fraction of sp³-hybridized carbons (Fsp3) is 0.315. The van der Waals surface area contributed by atoms with Crippen LogP contribution in [-0.4, -0.2) is 86.2 Å². The number of anilines is 3. The molecule has 7 heterocycles. The van der Waals surface area contributed by atoms with Crippen molar-refractivity contribution >= 4 is 72.8 Å². The number of ether oxygens (including phenoxy) is 1. The van der Waals surface area contributed by atoms with Crippen molar-refractivity contribution in [3.63, 3.8) is 0 Å². The maximum Gasteiger partial charge on any atom is 0.354 e. The number of para-hydroxylation sites is 2. The van der Waals surface area contributed by atoms with E-state index in [2.05, 4.69) is 60.6 Å². The van der Waals surface area contributed by atoms with Crippen LogP contribution in [0, 0.1) is 17.9 Å². The number of carboxylic acids is 1. The van der Waals surface area contributed by atoms with Crippen molar-refractivity contribution in [2.24, 2.45) is 13.0 Å². The molecule has 11 rings (SSSR count). The third-order valence-corrected chi connectivity index (χ3v) is 15.1. The number of carbonyl (C=O) groups is 4. The lowest BCUT2D eigenvalue weighted by Gasteiger charge is -2.31. The monoisotopic (exact) mass is 953 g/mol. The summed E-state index contributed by atoms with van der Waals surface area (Å²) >= 11 is 1.43. The van der Waals surface area contributed by atoms with Gasteiger partial charge in [0.05, 0.1) is 33.0 Å². The molecule has 0 spiro atoms. The Kier molecular flexibility index (Phi) is 12.1. The number of imide groups is 1. The first kappa shape index (κ1) is 44.7. The summed E-state index contributed by atoms with van der Waals surface area (Å²) in [7, 11) is 1.92. The Hall–Kier alpha value is -7.77. The first-order chi connectivity index (χ1) is 34.1. The van der Waals surface area contributed by atoms with Crippen molar-refractivity contribution in [1.29, 1.82) is 0 Å². The average Bonchev–Trinajstić information content (AvgIpc) is 4.12. The predicted octanol–water partition coefficient (Wildman–Crippen LogP) is 7.86. The third-order valence-electron chi connectivity index (χ3n) is 14.2. The van der Waals surface area contributed by atoms with Gasteiger partial charge in [0.2, 0.25) is 11.8 Å². The van der Waals surface area contributed by atoms with Gasteiger partial charge in [0.15, 0.2) is 10.8 Å². The normalized spacial score (nSPS) is 18.4. The molecule has 0 saturated carbocycles. The Morgan fingerprint density at radius 1 is 0.871 bits per heavy atom. The Labute approximate surface area is 408 Å². The average molecular weight is 954 g/mol. The fourth-order valence-corrected chi connectivity index (χ4v) is 11.3. The van der Waals surface area contributed by atoms with Gasteiger partial charge in [-0.25, -0.2) is 14.8 Å². The van der Waals surface area contributed by atoms with E-state index in [0.29, 0.717) is 66.1 Å². The first-order valence-corrected chi connectivity index (χ1v) is 24.7. The lowest BCUT2D eigenvalue weighted by molar-refractivity contribution is -0.134. The molecule has 3 amide bonds. The smallest absolute Gasteiger partial charge is 0.354 e. The van der Waals surface area contributed by atoms with Crippen LogP contribution in [0.5, 0.6) is 5.75 Å². The lowest BCUT2D eigenvalue weighted by Crippen LogP contribution is -2.39. The van der Waals surface area contributed by atoms with Crippen LogP contribution in [0.1, 0.15) is 92.7 Å². The summed E-state index contributed by atoms with van der Waals surface area (Å²) in [5.74, 6) is 3.08. The Morgan fingerprint density at radius 2 is 1.70 bits per heavy atom. The molecule has 3 saturated heterocycles. The Bertz CT molecular complexity index is 3220. The number of thiazole rings is 1. The molecule has 3 fully saturated rings. The molecular formula is C54H51N9O6S. The highest BCUT2D eigenvalue weighted by atomic mass is 32.1. The van der Waals surface area contributed by atoms with Crippen LogP contribution in [-0.2, 0) is 36.2 Å². The number of aromatic carboxylic acids is 1. The zero-order valence-electron chi connectivity index (χ0n) is 38.7. The summed E-state index contributed by atoms with van der Waals surface area (Å²) in [6.45, 7) is 4.56. The molecule has 70 heavy (non-hydrogen) atoms. The maximum absolute atomic E-state index is 13.6. The molecule has 2 atom stereocenters. The standard InChI is InChI=1S/C54H51N9O6S/c1-60-50-40(49(59-60)41-17-19-47(64)57-52(41)66)8-5-10-44(50)62-28-21-33(30-62)20-25-61-26-22-35(23-27-61)34-12-15-38(16-13-34)69-32-37-14-18-46(56-48(37)53(67)68)63-29-24-36-6-4-7-39(42(36)31-63)51(65)58-54-55-43-9-2-3-11-45(43)70-54/h2-16,18,33,35,41H,17,19,21-24,26-32H2,1H3,(H,67,68)(H,55,58,65)(H,57,64,66). The SMILES string of the molecule is Cn1nc(C2CCC(=O)NC2=O)c2cccc(N3CCC(C#CN4CCC(c5ccc(OCc6ccc(N7CCc8cccc(C(=O)Nc9nc%10ccccc%10s9)c8C7)nc6C(=O)O)cc5)CC4)C3)c21. The number of fused-ring (bicyclic) bond motifs is 3. The van der Waals surface area contributed by atoms with E-state index in [9.17, 15) is 24.3 Å². The van der Waals surface area contributed by atoms with Crippen LogP contribution in [0.25, 0.3) is 21.1 Å². The highest BCUT2D eigenvalue weighted by molar-refractivity contribution is 7.22. The number of nitrogens with zero attached hydrogens (tertiary/aromatic N) is 7. The number of hydrogen-bond donors (Lipinski definition) is 3. The van der Waals surface area contributed by atoms with Crippen molar-refractivity contribution < 1.29 is 29.0 Å². The van der Waals surface area contributed by atoms with E-state index in [4.69, 9.17) is 9.84 Å². The summed E-state index contributed by atoms with van der Waals surface area (Å²) < 4.78 is 9.00. The second-order valence-corrected chi connectivity index (χ2v) is 19.6. The summed E-state index contributed by atoms with van der Waals surface area (Å²) in [5.41, 5.74) is 7.82. The molecule has 0 bridgehead atoms. The molecule has 2 unspecified atom stereocenters. The van der Waals surface area contributed by atoms with Gasteiger partial charge in [-0.2, -0.15) is 5.10 Å². The number of rotatable bonds is 10. The number of carbonyl (C=O) groups excluding carboxylic acids is 3. The molecule has 0 aliphatic carbocycles. The van der Waals surface area contributed by atoms with Crippen LogP contribution < -0.4 is 25.2 Å². The minimum atomic E-state index is -1.13. The number of aromatic nitrogens is 4. The first-order valence-electron chi connectivity index (χ1n) is 23.9. The van der Waals surface area contributed by atoms with E-state index in [1.165, 1.54) is 16.9 Å². The van der Waals surface area contributed by atoms with Crippen LogP contribution in [0.4, 0.5) is 16.6 Å². The number of hydrogen-bond acceptors (Lipinski definition) is 12. The van der Waals surface area contributed by atoms with E-state index in [1.807, 2.05) is 89.4 Å². The van der Waals surface area contributed by atoms with Gasteiger partial charge in [0.25, 0.3) is 5.91 Å². The number of nitrogens with one attached hydrogen (secondary N) is 2. The highest BCUT2D eigenvalue weighted by Crippen LogP contribution is 2.37. The van der Waals surface area contributed by atoms with E-state index in [-0.39, 0.29) is 35.9 Å². The van der Waals surface area contributed by atoms with Gasteiger partial charge >= 0.3 is 5.97 Å². The number of carboxylic acid groups (broad SMARTS) is 1. The molecule has 0 radical (unpaired) electrons. The molecule has 3 N–H and O–H groups in total. The quantitative estimate of drug-likeness (QED) is 0.0896. The molecule has 4 aliphatic rings. The van der Waals surface area contributed by atoms with Crippen LogP contribution in [0.3, 0.4) is 0 Å². The fourth-order valence-electron chi connectivity index (χ4n) is 10.4. The van der Waals surface area contributed by atoms with Gasteiger partial charge in [0.1, 0.15) is 18.2 Å². The van der Waals surface area contributed by atoms with Crippen molar-refractivity contribution in [3.8, 4) is 17.7 Å². The van der Waals surface area contributed by atoms with Crippen molar-refractivity contribution in [2.45, 2.75) is 63.5 Å². The number of benzene rings is 4. The van der Waals surface area contributed by atoms with Crippen molar-refractivity contribution in [3.05, 3.63) is 136 Å². The van der Waals surface area contributed by atoms with Gasteiger partial charge in [-0.05, 0) is 103 Å². The van der Waals surface area contributed by atoms with E-state index < -0.39 is 11.9 Å². The van der Waals surface area contributed by atoms with Gasteiger partial charge in [-0.15, -0.1) is 0 Å². The molecule has 3 aromatic heterocycles. The third kappa shape index (κ3) is 9.00. The Balaban J connectivity index is 0.674. The summed E-state index contributed by atoms with van der Waals surface area (Å²) in [4.78, 5) is 66.4. The molecule has 16 heteroatoms. The van der Waals surface area contributed by atoms with E-state index >= 15 is 0 Å². The Morgan fingerprint density at radius 3 is 2.51 bits per heavy atom. The zero-order valence-corrected chi connectivity index (χ0v) is 39.5. The molecule has 7 aromatic rings. The summed E-state index contributed by atoms with van der Waals surface area (Å²) in [5, 5.41) is 22.0. The number of amides is 3. The minimum Gasteiger partial charge on any atom is -0.489 e. The highest BCUT2D eigenvalue weighted by Gasteiger charge is 2.33. The van der Waals surface area contributed by atoms with Crippen LogP contribution >= 0.6 is 11.3 Å². The molecular weight excluding hydrogens is 903 g/mol. The van der Waals surface area contributed by atoms with Gasteiger partial charge in [-0.1, -0.05) is 65.8 Å². The van der Waals surface area contributed by atoms with Crippen molar-refractivity contribution in [1.82, 2.24) is 30.0 Å². The number of aryl methyl sites for hydroxylation is 1. The van der Waals surface area contributed by atoms with Gasteiger partial charge in [-0.3, -0.25) is 29.7 Å². The van der Waals surface area contributed by atoms with Crippen LogP contribution in [0.15, 0.2) is 97.1 Å². The number of piperidine rings is 2. The molecule has 4 aliphatic heterocycles. The van der Waals surface area contributed by atoms with Gasteiger partial charge in [0, 0.05) is 81.2 Å². The maximum atomic E-state index is 13.6. The number of pyridine rings is 1. The zero-order chi connectivity index (χ0) is 47.9. The molecule has 4 aromatic carbocycles.